The Kier molecular flexibility index (Phi) is 4.21. The monoisotopic (exact) mass is 424 g/mol. The summed E-state index contributed by atoms with van der Waals surface area (Å²) in [4.78, 5) is 29.9. The molecule has 6 nitrogen and oxygen atoms in total. The van der Waals surface area contributed by atoms with Crippen molar-refractivity contribution >= 4 is 43.7 Å². The Labute approximate surface area is 143 Å². The van der Waals surface area contributed by atoms with Gasteiger partial charge in [-0.25, -0.2) is 9.97 Å². The highest BCUT2D eigenvalue weighted by atomic mass is 79.9. The molecule has 2 aromatic rings. The number of halogens is 2. The Hall–Kier alpha value is -1.80. The van der Waals surface area contributed by atoms with E-state index in [0.717, 1.165) is 20.1 Å². The third-order valence-corrected chi connectivity index (χ3v) is 4.04. The fraction of sp³-hybridized carbons (Fsp3) is 0.143. The van der Waals surface area contributed by atoms with E-state index in [1.807, 2.05) is 12.1 Å². The molecule has 4 heterocycles. The van der Waals surface area contributed by atoms with Gasteiger partial charge in [-0.3, -0.25) is 9.59 Å². The summed E-state index contributed by atoms with van der Waals surface area (Å²) in [5.74, 6) is -0.153. The first-order valence-electron chi connectivity index (χ1n) is 6.40. The lowest BCUT2D eigenvalue weighted by molar-refractivity contribution is 0.0953. The number of pyridine rings is 2. The molecule has 0 aliphatic carbocycles. The summed E-state index contributed by atoms with van der Waals surface area (Å²) in [6, 6.07) is 3.81. The first kappa shape index (κ1) is 15.1. The number of amides is 2. The van der Waals surface area contributed by atoms with Crippen molar-refractivity contribution in [3.8, 4) is 0 Å². The molecule has 0 unspecified atom stereocenters. The summed E-state index contributed by atoms with van der Waals surface area (Å²) in [6.45, 7) is 1.20. The van der Waals surface area contributed by atoms with Gasteiger partial charge in [0.25, 0.3) is 11.8 Å². The van der Waals surface area contributed by atoms with Crippen molar-refractivity contribution in [2.45, 2.75) is 13.1 Å². The molecule has 0 bridgehead atoms. The maximum Gasteiger partial charge on any atom is 0.270 e. The number of carbonyl (C=O) groups is 2. The third kappa shape index (κ3) is 3.02. The Morgan fingerprint density at radius 2 is 1.23 bits per heavy atom. The highest BCUT2D eigenvalue weighted by Gasteiger charge is 2.20. The molecule has 112 valence electrons. The van der Waals surface area contributed by atoms with E-state index in [1.54, 1.807) is 12.4 Å². The van der Waals surface area contributed by atoms with Crippen molar-refractivity contribution in [2.75, 3.05) is 0 Å². The van der Waals surface area contributed by atoms with Crippen molar-refractivity contribution < 1.29 is 9.59 Å². The van der Waals surface area contributed by atoms with Gasteiger partial charge in [0.2, 0.25) is 0 Å². The van der Waals surface area contributed by atoms with Crippen LogP contribution >= 0.6 is 31.9 Å². The molecule has 0 saturated heterocycles. The number of aromatic nitrogens is 2. The van der Waals surface area contributed by atoms with Crippen LogP contribution in [-0.2, 0) is 13.1 Å². The average molecular weight is 426 g/mol. The van der Waals surface area contributed by atoms with Crippen molar-refractivity contribution in [2.24, 2.45) is 0 Å². The van der Waals surface area contributed by atoms with Crippen LogP contribution in [0.2, 0.25) is 0 Å². The molecule has 0 spiro atoms. The number of hydrogen-bond acceptors (Lipinski definition) is 4. The van der Waals surface area contributed by atoms with Gasteiger partial charge < -0.3 is 10.6 Å². The summed E-state index contributed by atoms with van der Waals surface area (Å²) in [6.07, 6.45) is 3.26. The molecular weight excluding hydrogens is 416 g/mol. The molecule has 0 radical (unpaired) electrons. The van der Waals surface area contributed by atoms with Crippen LogP contribution in [0.3, 0.4) is 0 Å². The van der Waals surface area contributed by atoms with Crippen molar-refractivity contribution in [1.29, 1.82) is 0 Å². The number of nitrogens with one attached hydrogen (secondary N) is 2. The summed E-state index contributed by atoms with van der Waals surface area (Å²) in [7, 11) is 0. The molecule has 2 aliphatic heterocycles. The van der Waals surface area contributed by atoms with Gasteiger partial charge in [0.1, 0.15) is 11.4 Å². The topological polar surface area (TPSA) is 84.0 Å². The highest BCUT2D eigenvalue weighted by molar-refractivity contribution is 9.10. The van der Waals surface area contributed by atoms with Crippen LogP contribution in [0.15, 0.2) is 33.5 Å². The van der Waals surface area contributed by atoms with Gasteiger partial charge in [-0.2, -0.15) is 0 Å². The second-order valence-corrected chi connectivity index (χ2v) is 6.52. The van der Waals surface area contributed by atoms with Gasteiger partial charge in [-0.05, 0) is 44.0 Å². The van der Waals surface area contributed by atoms with E-state index in [0.29, 0.717) is 24.5 Å². The zero-order valence-corrected chi connectivity index (χ0v) is 14.4. The van der Waals surface area contributed by atoms with Crippen molar-refractivity contribution in [3.05, 3.63) is 56.0 Å². The Morgan fingerprint density at radius 1 is 0.818 bits per heavy atom. The quantitative estimate of drug-likeness (QED) is 0.677. The van der Waals surface area contributed by atoms with Crippen LogP contribution in [0, 0.1) is 0 Å². The third-order valence-electron chi connectivity index (χ3n) is 3.18. The molecule has 22 heavy (non-hydrogen) atoms. The molecule has 8 heteroatoms. The molecule has 0 aromatic carbocycles. The van der Waals surface area contributed by atoms with E-state index in [4.69, 9.17) is 0 Å². The molecular formula is C14H10Br2N4O2. The van der Waals surface area contributed by atoms with Gasteiger partial charge in [0.05, 0.1) is 0 Å². The van der Waals surface area contributed by atoms with E-state index < -0.39 is 0 Å². The lowest BCUT2D eigenvalue weighted by Gasteiger charge is -1.93. The predicted molar refractivity (Wildman–Crippen MR) is 86.2 cm³/mol. The fourth-order valence-electron chi connectivity index (χ4n) is 2.16. The van der Waals surface area contributed by atoms with Crippen LogP contribution in [-0.4, -0.2) is 21.8 Å². The van der Waals surface area contributed by atoms with E-state index in [-0.39, 0.29) is 11.8 Å². The minimum atomic E-state index is -0.0764. The van der Waals surface area contributed by atoms with Gasteiger partial charge in [0.15, 0.2) is 0 Å². The zero-order chi connectivity index (χ0) is 15.7. The second kappa shape index (κ2) is 6.13. The van der Waals surface area contributed by atoms with E-state index in [9.17, 15) is 9.59 Å². The molecule has 0 fully saturated rings. The number of nitrogens with zero attached hydrogens (tertiary/aromatic N) is 2. The summed E-state index contributed by atoms with van der Waals surface area (Å²) >= 11 is 6.57. The maximum absolute atomic E-state index is 11.0. The number of carbonyl (C=O) groups excluding carboxylic acids is 2. The first-order chi connectivity index (χ1) is 10.5. The number of hydrogen-bond donors (Lipinski definition) is 2. The van der Waals surface area contributed by atoms with Gasteiger partial charge in [0, 0.05) is 45.6 Å². The largest absolute Gasteiger partial charge is 0.347 e. The minimum absolute atomic E-state index is 0.0764. The molecule has 2 aliphatic rings. The Balaban J connectivity index is 0.000000131. The molecule has 4 rings (SSSR count). The Bertz CT molecular complexity index is 714. The summed E-state index contributed by atoms with van der Waals surface area (Å²) in [5, 5.41) is 5.38. The second-order valence-electron chi connectivity index (χ2n) is 4.69. The predicted octanol–water partition coefficient (Wildman–Crippen LogP) is 2.17. The van der Waals surface area contributed by atoms with Crippen molar-refractivity contribution in [3.63, 3.8) is 0 Å². The maximum atomic E-state index is 11.0. The lowest BCUT2D eigenvalue weighted by atomic mass is 10.2. The molecule has 0 atom stereocenters. The normalized spacial score (nSPS) is 14.5. The molecule has 0 saturated carbocycles. The lowest BCUT2D eigenvalue weighted by Crippen LogP contribution is -2.13. The Morgan fingerprint density at radius 3 is 1.64 bits per heavy atom. The summed E-state index contributed by atoms with van der Waals surface area (Å²) in [5.41, 5.74) is 3.02. The summed E-state index contributed by atoms with van der Waals surface area (Å²) < 4.78 is 1.82. The van der Waals surface area contributed by atoms with Crippen LogP contribution < -0.4 is 10.6 Å². The van der Waals surface area contributed by atoms with Crippen LogP contribution in [0.1, 0.15) is 32.1 Å². The SMILES string of the molecule is O=C1NCc2cc(Br)cnc21.O=C1NCc2cc(Br)cnc21. The first-order valence-corrected chi connectivity index (χ1v) is 7.98. The number of fused-ring (bicyclic) bond motifs is 2. The standard InChI is InChI=1S/2C7H5BrN2O/c2*8-5-1-4-2-10-7(11)6(4)9-3-5/h2*1,3H,2H2,(H,10,11). The number of rotatable bonds is 0. The van der Waals surface area contributed by atoms with Gasteiger partial charge in [-0.15, -0.1) is 0 Å². The smallest absolute Gasteiger partial charge is 0.270 e. The van der Waals surface area contributed by atoms with Crippen LogP contribution in [0.25, 0.3) is 0 Å². The van der Waals surface area contributed by atoms with Gasteiger partial charge >= 0.3 is 0 Å². The highest BCUT2D eigenvalue weighted by Crippen LogP contribution is 2.18. The molecule has 2 N–H and O–H groups in total. The van der Waals surface area contributed by atoms with Crippen LogP contribution in [0.4, 0.5) is 0 Å². The van der Waals surface area contributed by atoms with E-state index >= 15 is 0 Å². The van der Waals surface area contributed by atoms with E-state index in [1.165, 1.54) is 0 Å². The fourth-order valence-corrected chi connectivity index (χ4v) is 2.92. The van der Waals surface area contributed by atoms with Crippen molar-refractivity contribution in [1.82, 2.24) is 20.6 Å². The average Bonchev–Trinajstić information content (AvgIpc) is 3.03. The van der Waals surface area contributed by atoms with Crippen LogP contribution in [0.5, 0.6) is 0 Å². The van der Waals surface area contributed by atoms with Gasteiger partial charge in [-0.1, -0.05) is 0 Å². The zero-order valence-electron chi connectivity index (χ0n) is 11.2. The molecule has 2 amide bonds. The van der Waals surface area contributed by atoms with E-state index in [2.05, 4.69) is 52.5 Å². The minimum Gasteiger partial charge on any atom is -0.347 e. The molecule has 2 aromatic heterocycles.